The Bertz CT molecular complexity index is 1500. The van der Waals surface area contributed by atoms with Crippen LogP contribution in [-0.4, -0.2) is 95.9 Å². The van der Waals surface area contributed by atoms with Gasteiger partial charge in [0.1, 0.15) is 17.7 Å². The van der Waals surface area contributed by atoms with Gasteiger partial charge in [0, 0.05) is 56.7 Å². The van der Waals surface area contributed by atoms with Gasteiger partial charge in [-0.2, -0.15) is 0 Å². The average Bonchev–Trinajstić information content (AvgIpc) is 3.37. The van der Waals surface area contributed by atoms with E-state index in [2.05, 4.69) is 40.4 Å². The molecule has 2 aromatic carbocycles. The van der Waals surface area contributed by atoms with Crippen LogP contribution < -0.4 is 33.6 Å². The number of carbonyl (C=O) groups is 2. The first kappa shape index (κ1) is 32.3. The fraction of sp³-hybridized carbons (Fsp3) is 0.375. The lowest BCUT2D eigenvalue weighted by molar-refractivity contribution is 0.102. The number of guanidine groups is 2. The Balaban J connectivity index is 1.17. The van der Waals surface area contributed by atoms with E-state index >= 15 is 0 Å². The number of aliphatic imine (C=N–C) groups is 2. The zero-order valence-electron chi connectivity index (χ0n) is 25.9. The lowest BCUT2D eigenvalue weighted by Gasteiger charge is -2.18. The first-order valence-electron chi connectivity index (χ1n) is 15.5. The molecule has 3 heterocycles. The molecule has 1 aromatic heterocycles. The van der Waals surface area contributed by atoms with Gasteiger partial charge in [-0.1, -0.05) is 12.1 Å². The molecule has 2 aliphatic rings. The number of fused-ring (bicyclic) bond motifs is 2. The van der Waals surface area contributed by atoms with Crippen molar-refractivity contribution >= 4 is 35.1 Å². The van der Waals surface area contributed by atoms with E-state index in [1.807, 2.05) is 36.4 Å². The molecule has 0 spiro atoms. The van der Waals surface area contributed by atoms with E-state index in [1.54, 1.807) is 0 Å². The molecule has 242 valence electrons. The first-order valence-corrected chi connectivity index (χ1v) is 15.5. The molecule has 3 aromatic rings. The maximum Gasteiger partial charge on any atom is 0.274 e. The summed E-state index contributed by atoms with van der Waals surface area (Å²) in [6.07, 6.45) is 4.72. The molecule has 14 nitrogen and oxygen atoms in total. The Labute approximate surface area is 268 Å². The number of carbonyl (C=O) groups excluding carboxylic acids is 2. The van der Waals surface area contributed by atoms with Gasteiger partial charge in [-0.05, 0) is 72.2 Å². The lowest BCUT2D eigenvalue weighted by atomic mass is 10.0. The van der Waals surface area contributed by atoms with E-state index in [-0.39, 0.29) is 23.3 Å². The molecule has 5 rings (SSSR count). The van der Waals surface area contributed by atoms with Crippen molar-refractivity contribution in [2.75, 3.05) is 63.0 Å². The van der Waals surface area contributed by atoms with Crippen LogP contribution in [0.15, 0.2) is 58.8 Å². The third kappa shape index (κ3) is 8.99. The van der Waals surface area contributed by atoms with E-state index in [9.17, 15) is 9.59 Å². The normalized spacial score (nSPS) is 15.0. The average molecular weight is 627 g/mol. The number of nitrogens with two attached hydrogens (primary N) is 4. The molecule has 10 N–H and O–H groups in total. The summed E-state index contributed by atoms with van der Waals surface area (Å²) in [5, 5.41) is 5.84. The first-order chi connectivity index (χ1) is 22.2. The van der Waals surface area contributed by atoms with E-state index in [0.29, 0.717) is 24.5 Å². The van der Waals surface area contributed by atoms with Crippen LogP contribution in [0.3, 0.4) is 0 Å². The smallest absolute Gasteiger partial charge is 0.274 e. The molecule has 2 aliphatic heterocycles. The summed E-state index contributed by atoms with van der Waals surface area (Å²) in [6.45, 7) is 6.27. The molecule has 0 atom stereocenters. The Hall–Kier alpha value is -5.08. The molecular weight excluding hydrogens is 584 g/mol. The van der Waals surface area contributed by atoms with Gasteiger partial charge in [-0.15, -0.1) is 0 Å². The van der Waals surface area contributed by atoms with Crippen molar-refractivity contribution in [1.82, 2.24) is 19.8 Å². The van der Waals surface area contributed by atoms with Crippen molar-refractivity contribution in [3.05, 3.63) is 82.4 Å². The van der Waals surface area contributed by atoms with Crippen LogP contribution >= 0.6 is 0 Å². The van der Waals surface area contributed by atoms with E-state index in [0.717, 1.165) is 65.0 Å². The van der Waals surface area contributed by atoms with Crippen molar-refractivity contribution in [2.24, 2.45) is 32.9 Å². The SMILES string of the molecule is NC(N)=NCCN1CCc2ccc(NC(=O)c3cc(C(=O)Nc4ccc5c(c4)CCN(CCN=C(N)N)CC5)ncn3)cc2CC1. The molecule has 0 radical (unpaired) electrons. The number of hydrogen-bond acceptors (Lipinski definition) is 8. The minimum atomic E-state index is -0.418. The predicted molar refractivity (Wildman–Crippen MR) is 180 cm³/mol. The Morgan fingerprint density at radius 2 is 1.04 bits per heavy atom. The van der Waals surface area contributed by atoms with Crippen LogP contribution in [0.25, 0.3) is 0 Å². The van der Waals surface area contributed by atoms with Crippen LogP contribution in [0.4, 0.5) is 11.4 Å². The second kappa shape index (κ2) is 15.3. The summed E-state index contributed by atoms with van der Waals surface area (Å²) in [6, 6.07) is 13.3. The molecule has 46 heavy (non-hydrogen) atoms. The number of benzene rings is 2. The monoisotopic (exact) mass is 626 g/mol. The van der Waals surface area contributed by atoms with Gasteiger partial charge < -0.3 is 43.4 Å². The quantitative estimate of drug-likeness (QED) is 0.134. The summed E-state index contributed by atoms with van der Waals surface area (Å²) < 4.78 is 0. The van der Waals surface area contributed by atoms with Crippen molar-refractivity contribution in [1.29, 1.82) is 0 Å². The number of anilines is 2. The van der Waals surface area contributed by atoms with Crippen LogP contribution in [0.1, 0.15) is 43.2 Å². The van der Waals surface area contributed by atoms with Crippen LogP contribution in [0.2, 0.25) is 0 Å². The number of nitrogens with zero attached hydrogens (tertiary/aromatic N) is 6. The minimum absolute atomic E-state index is 0.101. The fourth-order valence-electron chi connectivity index (χ4n) is 5.78. The molecule has 2 amide bonds. The van der Waals surface area contributed by atoms with Crippen molar-refractivity contribution in [3.8, 4) is 0 Å². The lowest BCUT2D eigenvalue weighted by Crippen LogP contribution is -2.30. The minimum Gasteiger partial charge on any atom is -0.370 e. The third-order valence-corrected chi connectivity index (χ3v) is 8.27. The van der Waals surface area contributed by atoms with Crippen LogP contribution in [0.5, 0.6) is 0 Å². The summed E-state index contributed by atoms with van der Waals surface area (Å²) in [5.74, 6) is -0.631. The molecular formula is C32H42N12O2. The number of aromatic nitrogens is 2. The molecule has 14 heteroatoms. The zero-order valence-corrected chi connectivity index (χ0v) is 25.9. The second-order valence-electron chi connectivity index (χ2n) is 11.5. The van der Waals surface area contributed by atoms with E-state index < -0.39 is 11.8 Å². The van der Waals surface area contributed by atoms with E-state index in [1.165, 1.54) is 34.6 Å². The van der Waals surface area contributed by atoms with E-state index in [4.69, 9.17) is 22.9 Å². The second-order valence-corrected chi connectivity index (χ2v) is 11.5. The number of rotatable bonds is 10. The van der Waals surface area contributed by atoms with Crippen molar-refractivity contribution in [3.63, 3.8) is 0 Å². The standard InChI is InChI=1S/C32H42N12O2/c33-31(34)37-9-15-43-11-5-21-1-3-25(17-23(21)7-13-43)41-29(45)27-19-28(40-20-39-27)30(46)42-26-4-2-22-6-12-44(14-8-24(22)18-26)16-10-38-32(35)36/h1-4,17-20H,5-16H2,(H,41,45)(H,42,46)(H4,33,34,37)(H4,35,36,38). The largest absolute Gasteiger partial charge is 0.370 e. The predicted octanol–water partition coefficient (Wildman–Crippen LogP) is 0.329. The Morgan fingerprint density at radius 3 is 1.46 bits per heavy atom. The molecule has 0 bridgehead atoms. The molecule has 0 aliphatic carbocycles. The van der Waals surface area contributed by atoms with Gasteiger partial charge in [0.15, 0.2) is 11.9 Å². The summed E-state index contributed by atoms with van der Waals surface area (Å²) in [5.41, 5.74) is 28.2. The van der Waals surface area contributed by atoms with Gasteiger partial charge in [0.05, 0.1) is 13.1 Å². The van der Waals surface area contributed by atoms with Gasteiger partial charge in [-0.25, -0.2) is 9.97 Å². The van der Waals surface area contributed by atoms with Crippen LogP contribution in [0, 0.1) is 0 Å². The number of nitrogens with one attached hydrogen (secondary N) is 2. The highest BCUT2D eigenvalue weighted by Crippen LogP contribution is 2.23. The summed E-state index contributed by atoms with van der Waals surface area (Å²) >= 11 is 0. The Morgan fingerprint density at radius 1 is 0.630 bits per heavy atom. The van der Waals surface area contributed by atoms with Crippen LogP contribution in [-0.2, 0) is 25.7 Å². The van der Waals surface area contributed by atoms with Gasteiger partial charge >= 0.3 is 0 Å². The third-order valence-electron chi connectivity index (χ3n) is 8.27. The zero-order chi connectivity index (χ0) is 32.5. The number of amides is 2. The summed E-state index contributed by atoms with van der Waals surface area (Å²) in [7, 11) is 0. The Kier molecular flexibility index (Phi) is 10.7. The highest BCUT2D eigenvalue weighted by atomic mass is 16.2. The molecule has 0 fully saturated rings. The maximum atomic E-state index is 13.1. The molecule has 0 saturated heterocycles. The highest BCUT2D eigenvalue weighted by Gasteiger charge is 2.18. The van der Waals surface area contributed by atoms with Gasteiger partial charge in [0.2, 0.25) is 0 Å². The highest BCUT2D eigenvalue weighted by molar-refractivity contribution is 6.07. The van der Waals surface area contributed by atoms with Crippen molar-refractivity contribution in [2.45, 2.75) is 25.7 Å². The maximum absolute atomic E-state index is 13.1. The molecule has 0 unspecified atom stereocenters. The summed E-state index contributed by atoms with van der Waals surface area (Å²) in [4.78, 5) is 47.3. The van der Waals surface area contributed by atoms with Crippen molar-refractivity contribution < 1.29 is 9.59 Å². The molecule has 0 saturated carbocycles. The van der Waals surface area contributed by atoms with Gasteiger partial charge in [0.25, 0.3) is 11.8 Å². The van der Waals surface area contributed by atoms with Gasteiger partial charge in [-0.3, -0.25) is 19.6 Å². The number of hydrogen-bond donors (Lipinski definition) is 6. The topological polar surface area (TPSA) is 219 Å². The fourth-order valence-corrected chi connectivity index (χ4v) is 5.78.